The molecule has 0 unspecified atom stereocenters. The van der Waals surface area contributed by atoms with Crippen molar-refractivity contribution in [3.63, 3.8) is 0 Å². The van der Waals surface area contributed by atoms with Crippen molar-refractivity contribution in [1.82, 2.24) is 39.7 Å². The van der Waals surface area contributed by atoms with Crippen LogP contribution in [0.15, 0.2) is 61.1 Å². The Hall–Kier alpha value is -5.26. The number of likely N-dealkylation sites (tertiary alicyclic amines) is 2. The summed E-state index contributed by atoms with van der Waals surface area (Å²) in [5.41, 5.74) is 5.63. The SMILES string of the molecule is CC(C)(C)OC(=O)N1CCC[C@H]1c1nc2cc(-c3cnc(-c4ccc(-c5cnc([C@@H]6CCCN6C(=O)O)[nH]5)cc4)nc3)ccc2[nH]1. The van der Waals surface area contributed by atoms with Gasteiger partial charge in [-0.3, -0.25) is 9.80 Å². The van der Waals surface area contributed by atoms with Gasteiger partial charge in [-0.15, -0.1) is 0 Å². The van der Waals surface area contributed by atoms with Crippen molar-refractivity contribution in [1.29, 1.82) is 0 Å². The zero-order valence-electron chi connectivity index (χ0n) is 26.0. The van der Waals surface area contributed by atoms with E-state index in [-0.39, 0.29) is 18.2 Å². The maximum Gasteiger partial charge on any atom is 0.410 e. The predicted octanol–water partition coefficient (Wildman–Crippen LogP) is 6.96. The molecule has 0 radical (unpaired) electrons. The zero-order valence-corrected chi connectivity index (χ0v) is 26.0. The second-order valence-corrected chi connectivity index (χ2v) is 12.9. The first-order valence-corrected chi connectivity index (χ1v) is 15.6. The Labute approximate surface area is 265 Å². The molecule has 2 amide bonds. The van der Waals surface area contributed by atoms with Gasteiger partial charge in [0.05, 0.1) is 35.0 Å². The van der Waals surface area contributed by atoms with Crippen molar-refractivity contribution in [2.24, 2.45) is 0 Å². The summed E-state index contributed by atoms with van der Waals surface area (Å²) >= 11 is 0. The van der Waals surface area contributed by atoms with Crippen LogP contribution in [0.2, 0.25) is 0 Å². The number of carbonyl (C=O) groups is 2. The Kier molecular flexibility index (Phi) is 7.42. The van der Waals surface area contributed by atoms with E-state index >= 15 is 0 Å². The van der Waals surface area contributed by atoms with E-state index in [1.54, 1.807) is 11.1 Å². The molecule has 2 aromatic carbocycles. The van der Waals surface area contributed by atoms with Crippen LogP contribution in [0.1, 0.15) is 70.2 Å². The number of rotatable bonds is 5. The molecule has 2 aliphatic heterocycles. The first-order chi connectivity index (χ1) is 22.1. The maximum atomic E-state index is 12.8. The summed E-state index contributed by atoms with van der Waals surface area (Å²) in [7, 11) is 0. The fraction of sp³-hybridized carbons (Fsp3) is 0.353. The highest BCUT2D eigenvalue weighted by Crippen LogP contribution is 2.34. The van der Waals surface area contributed by atoms with Gasteiger partial charge < -0.3 is 19.8 Å². The van der Waals surface area contributed by atoms with Crippen LogP contribution in [0.3, 0.4) is 0 Å². The molecule has 5 aromatic rings. The lowest BCUT2D eigenvalue weighted by Gasteiger charge is -2.27. The Morgan fingerprint density at radius 2 is 1.46 bits per heavy atom. The highest BCUT2D eigenvalue weighted by molar-refractivity contribution is 5.82. The van der Waals surface area contributed by atoms with Gasteiger partial charge in [0.2, 0.25) is 0 Å². The van der Waals surface area contributed by atoms with Crippen LogP contribution < -0.4 is 0 Å². The predicted molar refractivity (Wildman–Crippen MR) is 172 cm³/mol. The van der Waals surface area contributed by atoms with Gasteiger partial charge in [-0.1, -0.05) is 30.3 Å². The molecule has 46 heavy (non-hydrogen) atoms. The van der Waals surface area contributed by atoms with Gasteiger partial charge in [0.25, 0.3) is 0 Å². The Balaban J connectivity index is 1.05. The van der Waals surface area contributed by atoms with Gasteiger partial charge in [0, 0.05) is 36.6 Å². The van der Waals surface area contributed by atoms with Crippen molar-refractivity contribution in [2.75, 3.05) is 13.1 Å². The summed E-state index contributed by atoms with van der Waals surface area (Å²) in [4.78, 5) is 52.9. The van der Waals surface area contributed by atoms with Gasteiger partial charge in [0.1, 0.15) is 17.2 Å². The lowest BCUT2D eigenvalue weighted by atomic mass is 10.1. The number of aromatic nitrogens is 6. The van der Waals surface area contributed by atoms with Crippen LogP contribution in [0.4, 0.5) is 9.59 Å². The number of fused-ring (bicyclic) bond motifs is 1. The van der Waals surface area contributed by atoms with E-state index in [1.165, 1.54) is 4.90 Å². The van der Waals surface area contributed by atoms with E-state index in [2.05, 4.69) is 24.9 Å². The molecule has 12 heteroatoms. The summed E-state index contributed by atoms with van der Waals surface area (Å²) in [5, 5.41) is 9.47. The Morgan fingerprint density at radius 3 is 2.15 bits per heavy atom. The molecule has 236 valence electrons. The van der Waals surface area contributed by atoms with Crippen molar-refractivity contribution in [3.05, 3.63) is 72.7 Å². The molecule has 0 saturated carbocycles. The number of nitrogens with zero attached hydrogens (tertiary/aromatic N) is 6. The van der Waals surface area contributed by atoms with Gasteiger partial charge in [-0.05, 0) is 69.7 Å². The molecule has 0 spiro atoms. The fourth-order valence-corrected chi connectivity index (χ4v) is 6.31. The van der Waals surface area contributed by atoms with E-state index in [4.69, 9.17) is 9.72 Å². The lowest BCUT2D eigenvalue weighted by Crippen LogP contribution is -2.36. The van der Waals surface area contributed by atoms with E-state index in [0.717, 1.165) is 70.5 Å². The molecule has 2 fully saturated rings. The molecule has 3 aromatic heterocycles. The number of aromatic amines is 2. The van der Waals surface area contributed by atoms with E-state index in [0.29, 0.717) is 24.7 Å². The summed E-state index contributed by atoms with van der Waals surface area (Å²) in [6.45, 7) is 6.79. The summed E-state index contributed by atoms with van der Waals surface area (Å²) < 4.78 is 5.63. The monoisotopic (exact) mass is 620 g/mol. The summed E-state index contributed by atoms with van der Waals surface area (Å²) in [6.07, 6.45) is 7.45. The molecule has 3 N–H and O–H groups in total. The van der Waals surface area contributed by atoms with Crippen LogP contribution in [0.25, 0.3) is 44.8 Å². The number of benzene rings is 2. The topological polar surface area (TPSA) is 153 Å². The average Bonchev–Trinajstić information content (AvgIpc) is 3.85. The third-order valence-corrected chi connectivity index (χ3v) is 8.55. The standard InChI is InChI=1S/C34H36N8O4/c1-34(2,3)46-33(45)42-15-5-7-28(42)31-38-24-13-12-22(16-25(24)39-31)23-17-35-29(36-18-23)21-10-8-20(9-11-21)26-19-37-30(40-26)27-6-4-14-41(27)32(43)44/h8-13,16-19,27-28H,4-7,14-15H2,1-3H3,(H,37,40)(H,38,39)(H,43,44)/t27-,28-/m0/s1. The van der Waals surface area contributed by atoms with Gasteiger partial charge in [0.15, 0.2) is 5.82 Å². The number of imidazole rings is 2. The lowest BCUT2D eigenvalue weighted by molar-refractivity contribution is 0.0219. The molecule has 2 atom stereocenters. The maximum absolute atomic E-state index is 12.8. The van der Waals surface area contributed by atoms with E-state index in [1.807, 2.05) is 75.6 Å². The van der Waals surface area contributed by atoms with Crippen LogP contribution in [0, 0.1) is 0 Å². The molecule has 12 nitrogen and oxygen atoms in total. The number of amides is 2. The molecule has 7 rings (SSSR count). The minimum absolute atomic E-state index is 0.149. The van der Waals surface area contributed by atoms with Crippen molar-refractivity contribution in [2.45, 2.75) is 64.1 Å². The average molecular weight is 621 g/mol. The molecule has 5 heterocycles. The number of H-pyrrole nitrogens is 2. The zero-order chi connectivity index (χ0) is 32.0. The number of carbonyl (C=O) groups excluding carboxylic acids is 1. The Bertz CT molecular complexity index is 1890. The first kappa shape index (κ1) is 29.5. The molecule has 0 bridgehead atoms. The third kappa shape index (κ3) is 5.78. The van der Waals surface area contributed by atoms with Crippen molar-refractivity contribution >= 4 is 23.2 Å². The highest BCUT2D eigenvalue weighted by Gasteiger charge is 2.35. The second kappa shape index (κ2) is 11.6. The molecule has 2 saturated heterocycles. The van der Waals surface area contributed by atoms with Crippen molar-refractivity contribution < 1.29 is 19.4 Å². The largest absolute Gasteiger partial charge is 0.465 e. The summed E-state index contributed by atoms with van der Waals surface area (Å²) in [6, 6.07) is 13.5. The van der Waals surface area contributed by atoms with Gasteiger partial charge >= 0.3 is 12.2 Å². The van der Waals surface area contributed by atoms with Crippen LogP contribution in [0.5, 0.6) is 0 Å². The number of ether oxygens (including phenoxy) is 1. The fourth-order valence-electron chi connectivity index (χ4n) is 6.31. The number of hydrogen-bond donors (Lipinski definition) is 3. The summed E-state index contributed by atoms with van der Waals surface area (Å²) in [5.74, 6) is 2.04. The van der Waals surface area contributed by atoms with E-state index < -0.39 is 11.7 Å². The van der Waals surface area contributed by atoms with Crippen molar-refractivity contribution in [3.8, 4) is 33.8 Å². The number of carboxylic acid groups (broad SMARTS) is 1. The van der Waals surface area contributed by atoms with Crippen LogP contribution in [-0.2, 0) is 4.74 Å². The highest BCUT2D eigenvalue weighted by atomic mass is 16.6. The third-order valence-electron chi connectivity index (χ3n) is 8.55. The number of hydrogen-bond acceptors (Lipinski definition) is 7. The van der Waals surface area contributed by atoms with Crippen LogP contribution >= 0.6 is 0 Å². The molecule has 2 aliphatic rings. The second-order valence-electron chi connectivity index (χ2n) is 12.9. The minimum Gasteiger partial charge on any atom is -0.465 e. The molecular formula is C34H36N8O4. The van der Waals surface area contributed by atoms with Gasteiger partial charge in [-0.2, -0.15) is 0 Å². The van der Waals surface area contributed by atoms with Gasteiger partial charge in [-0.25, -0.2) is 29.5 Å². The normalized spacial score (nSPS) is 18.4. The van der Waals surface area contributed by atoms with Crippen LogP contribution in [-0.4, -0.2) is 75.7 Å². The number of nitrogens with one attached hydrogen (secondary N) is 2. The molecular weight excluding hydrogens is 584 g/mol. The first-order valence-electron chi connectivity index (χ1n) is 15.6. The van der Waals surface area contributed by atoms with E-state index in [9.17, 15) is 14.7 Å². The molecule has 0 aliphatic carbocycles. The minimum atomic E-state index is -0.917. The quantitative estimate of drug-likeness (QED) is 0.191. The Morgan fingerprint density at radius 1 is 0.804 bits per heavy atom. The smallest absolute Gasteiger partial charge is 0.410 e.